The molecule has 3 nitrogen and oxygen atoms in total. The molecular formula is C15H16O3. The van der Waals surface area contributed by atoms with Crippen LogP contribution in [-0.2, 0) is 0 Å². The summed E-state index contributed by atoms with van der Waals surface area (Å²) in [6, 6.07) is 6.46. The number of aromatic hydroxyl groups is 3. The van der Waals surface area contributed by atoms with E-state index in [4.69, 9.17) is 0 Å². The van der Waals surface area contributed by atoms with E-state index in [9.17, 15) is 15.3 Å². The smallest absolute Gasteiger partial charge is 0.127 e. The Kier molecular flexibility index (Phi) is 2.91. The van der Waals surface area contributed by atoms with Crippen molar-refractivity contribution in [3.63, 3.8) is 0 Å². The van der Waals surface area contributed by atoms with Gasteiger partial charge in [-0.25, -0.2) is 0 Å². The third kappa shape index (κ3) is 1.78. The van der Waals surface area contributed by atoms with E-state index in [1.165, 1.54) is 12.1 Å². The normalized spacial score (nSPS) is 10.6. The molecule has 2 aromatic carbocycles. The molecule has 18 heavy (non-hydrogen) atoms. The van der Waals surface area contributed by atoms with Gasteiger partial charge in [0.05, 0.1) is 5.56 Å². The maximum absolute atomic E-state index is 10.2. The molecular weight excluding hydrogens is 228 g/mol. The van der Waals surface area contributed by atoms with Crippen LogP contribution in [0.5, 0.6) is 17.2 Å². The number of hydrogen-bond acceptors (Lipinski definition) is 3. The Hall–Kier alpha value is -2.16. The summed E-state index contributed by atoms with van der Waals surface area (Å²) in [7, 11) is 0. The highest BCUT2D eigenvalue weighted by atomic mass is 16.3. The number of phenolic OH excluding ortho intramolecular Hbond substituents is 3. The highest BCUT2D eigenvalue weighted by Gasteiger charge is 2.18. The number of aryl methyl sites for hydroxylation is 2. The molecule has 2 aromatic rings. The minimum absolute atomic E-state index is 0.0448. The van der Waals surface area contributed by atoms with E-state index in [-0.39, 0.29) is 22.8 Å². The maximum atomic E-state index is 10.2. The lowest BCUT2D eigenvalue weighted by molar-refractivity contribution is 0.449. The van der Waals surface area contributed by atoms with Crippen LogP contribution in [0.4, 0.5) is 0 Å². The lowest BCUT2D eigenvalue weighted by Gasteiger charge is -2.15. The number of rotatable bonds is 1. The van der Waals surface area contributed by atoms with Crippen molar-refractivity contribution in [1.82, 2.24) is 0 Å². The average molecular weight is 244 g/mol. The van der Waals surface area contributed by atoms with Gasteiger partial charge < -0.3 is 15.3 Å². The van der Waals surface area contributed by atoms with Crippen molar-refractivity contribution in [1.29, 1.82) is 0 Å². The van der Waals surface area contributed by atoms with Gasteiger partial charge in [0.15, 0.2) is 0 Å². The van der Waals surface area contributed by atoms with Gasteiger partial charge in [0, 0.05) is 5.56 Å². The molecule has 0 aliphatic carbocycles. The van der Waals surface area contributed by atoms with Crippen LogP contribution in [0.25, 0.3) is 11.1 Å². The summed E-state index contributed by atoms with van der Waals surface area (Å²) >= 11 is 0. The molecule has 0 amide bonds. The van der Waals surface area contributed by atoms with E-state index in [1.807, 2.05) is 26.8 Å². The van der Waals surface area contributed by atoms with Gasteiger partial charge in [-0.2, -0.15) is 0 Å². The minimum Gasteiger partial charge on any atom is -0.507 e. The first-order valence-electron chi connectivity index (χ1n) is 5.74. The molecule has 0 bridgehead atoms. The second-order valence-corrected chi connectivity index (χ2v) is 4.53. The van der Waals surface area contributed by atoms with Crippen molar-refractivity contribution in [3.8, 4) is 28.4 Å². The molecule has 0 saturated heterocycles. The Balaban J connectivity index is 2.84. The highest BCUT2D eigenvalue weighted by molar-refractivity contribution is 5.84. The van der Waals surface area contributed by atoms with Crippen molar-refractivity contribution in [3.05, 3.63) is 41.0 Å². The molecule has 0 spiro atoms. The van der Waals surface area contributed by atoms with Gasteiger partial charge in [-0.1, -0.05) is 12.1 Å². The Morgan fingerprint density at radius 1 is 0.778 bits per heavy atom. The molecule has 0 aliphatic heterocycles. The van der Waals surface area contributed by atoms with E-state index in [0.29, 0.717) is 5.56 Å². The molecule has 2 rings (SSSR count). The predicted molar refractivity (Wildman–Crippen MR) is 71.1 cm³/mol. The first-order valence-corrected chi connectivity index (χ1v) is 5.74. The Bertz CT molecular complexity index is 595. The number of phenols is 3. The van der Waals surface area contributed by atoms with Gasteiger partial charge in [-0.05, 0) is 49.6 Å². The average Bonchev–Trinajstić information content (AvgIpc) is 2.30. The van der Waals surface area contributed by atoms with Crippen LogP contribution in [-0.4, -0.2) is 15.3 Å². The fraction of sp³-hybridized carbons (Fsp3) is 0.200. The summed E-state index contributed by atoms with van der Waals surface area (Å²) in [5.41, 5.74) is 3.29. The molecule has 0 aliphatic rings. The van der Waals surface area contributed by atoms with Crippen molar-refractivity contribution in [2.45, 2.75) is 20.8 Å². The molecule has 0 fully saturated rings. The summed E-state index contributed by atoms with van der Waals surface area (Å²) in [6.07, 6.45) is 0. The Morgan fingerprint density at radius 2 is 1.33 bits per heavy atom. The Labute approximate surface area is 106 Å². The van der Waals surface area contributed by atoms with Gasteiger partial charge in [0.2, 0.25) is 0 Å². The van der Waals surface area contributed by atoms with Crippen molar-refractivity contribution in [2.24, 2.45) is 0 Å². The van der Waals surface area contributed by atoms with Crippen LogP contribution in [0.15, 0.2) is 24.3 Å². The lowest BCUT2D eigenvalue weighted by atomic mass is 9.93. The topological polar surface area (TPSA) is 60.7 Å². The molecule has 0 heterocycles. The van der Waals surface area contributed by atoms with Gasteiger partial charge >= 0.3 is 0 Å². The van der Waals surface area contributed by atoms with Crippen molar-refractivity contribution < 1.29 is 15.3 Å². The summed E-state index contributed by atoms with van der Waals surface area (Å²) in [5, 5.41) is 30.0. The SMILES string of the molecule is Cc1cc(C)c(-c2c(O)cccc2O)c(O)c1C. The zero-order valence-corrected chi connectivity index (χ0v) is 10.7. The van der Waals surface area contributed by atoms with E-state index in [2.05, 4.69) is 0 Å². The molecule has 3 heteroatoms. The van der Waals surface area contributed by atoms with Crippen LogP contribution < -0.4 is 0 Å². The van der Waals surface area contributed by atoms with Crippen LogP contribution in [0.1, 0.15) is 16.7 Å². The number of hydrogen-bond donors (Lipinski definition) is 3. The van der Waals surface area contributed by atoms with Gasteiger partial charge in [-0.3, -0.25) is 0 Å². The largest absolute Gasteiger partial charge is 0.507 e. The monoisotopic (exact) mass is 244 g/mol. The predicted octanol–water partition coefficient (Wildman–Crippen LogP) is 3.40. The van der Waals surface area contributed by atoms with Gasteiger partial charge in [-0.15, -0.1) is 0 Å². The standard InChI is InChI=1S/C15H16O3/c1-8-7-9(2)13(15(18)10(8)3)14-11(16)5-4-6-12(14)17/h4-7,16-18H,1-3H3. The van der Waals surface area contributed by atoms with Crippen molar-refractivity contribution >= 4 is 0 Å². The molecule has 0 unspecified atom stereocenters. The second-order valence-electron chi connectivity index (χ2n) is 4.53. The van der Waals surface area contributed by atoms with E-state index >= 15 is 0 Å². The molecule has 0 atom stereocenters. The fourth-order valence-electron chi connectivity index (χ4n) is 2.17. The van der Waals surface area contributed by atoms with Crippen LogP contribution in [0.3, 0.4) is 0 Å². The summed E-state index contributed by atoms with van der Waals surface area (Å²) in [6.45, 7) is 5.56. The Morgan fingerprint density at radius 3 is 1.89 bits per heavy atom. The van der Waals surface area contributed by atoms with E-state index in [1.54, 1.807) is 6.07 Å². The summed E-state index contributed by atoms with van der Waals surface area (Å²) in [5.74, 6) is 0.0117. The number of benzene rings is 2. The van der Waals surface area contributed by atoms with Gasteiger partial charge in [0.1, 0.15) is 17.2 Å². The molecule has 0 radical (unpaired) electrons. The molecule has 94 valence electrons. The quantitative estimate of drug-likeness (QED) is 0.720. The van der Waals surface area contributed by atoms with Gasteiger partial charge in [0.25, 0.3) is 0 Å². The van der Waals surface area contributed by atoms with Crippen LogP contribution >= 0.6 is 0 Å². The second kappa shape index (κ2) is 4.26. The third-order valence-electron chi connectivity index (χ3n) is 3.28. The van der Waals surface area contributed by atoms with E-state index in [0.717, 1.165) is 16.7 Å². The zero-order chi connectivity index (χ0) is 13.4. The first kappa shape index (κ1) is 12.3. The maximum Gasteiger partial charge on any atom is 0.127 e. The van der Waals surface area contributed by atoms with Crippen molar-refractivity contribution in [2.75, 3.05) is 0 Å². The zero-order valence-electron chi connectivity index (χ0n) is 10.7. The first-order chi connectivity index (χ1) is 8.43. The lowest BCUT2D eigenvalue weighted by Crippen LogP contribution is -1.92. The van der Waals surface area contributed by atoms with Crippen LogP contribution in [0.2, 0.25) is 0 Å². The molecule has 3 N–H and O–H groups in total. The van der Waals surface area contributed by atoms with Crippen LogP contribution in [0, 0.1) is 20.8 Å². The summed E-state index contributed by atoms with van der Waals surface area (Å²) < 4.78 is 0. The minimum atomic E-state index is -0.0448. The highest BCUT2D eigenvalue weighted by Crippen LogP contribution is 2.44. The van der Waals surface area contributed by atoms with E-state index < -0.39 is 0 Å². The third-order valence-corrected chi connectivity index (χ3v) is 3.28. The molecule has 0 aromatic heterocycles. The summed E-state index contributed by atoms with van der Waals surface area (Å²) in [4.78, 5) is 0. The fourth-order valence-corrected chi connectivity index (χ4v) is 2.17. The molecule has 0 saturated carbocycles.